The van der Waals surface area contributed by atoms with E-state index in [1.807, 2.05) is 0 Å². The number of thioether (sulfide) groups is 1. The molecule has 1 aliphatic heterocycles. The van der Waals surface area contributed by atoms with Crippen molar-refractivity contribution in [3.63, 3.8) is 0 Å². The number of aromatic nitrogens is 2. The van der Waals surface area contributed by atoms with Gasteiger partial charge in [-0.15, -0.1) is 0 Å². The summed E-state index contributed by atoms with van der Waals surface area (Å²) in [6.45, 7) is -0.239. The quantitative estimate of drug-likeness (QED) is 0.407. The van der Waals surface area contributed by atoms with Crippen LogP contribution in [0.4, 0.5) is 10.2 Å². The molecule has 33 heavy (non-hydrogen) atoms. The third kappa shape index (κ3) is 5.06. The molecule has 1 aromatic heterocycles. The van der Waals surface area contributed by atoms with E-state index < -0.39 is 17.4 Å². The molecule has 3 N–H and O–H groups in total. The molecule has 1 atom stereocenters. The number of anilines is 1. The first-order valence-electron chi connectivity index (χ1n) is 10.1. The van der Waals surface area contributed by atoms with Crippen molar-refractivity contribution in [1.82, 2.24) is 9.55 Å². The number of nitrogens with two attached hydrogens (primary N) is 1. The molecule has 2 heterocycles. The van der Waals surface area contributed by atoms with Crippen LogP contribution in [0.5, 0.6) is 5.75 Å². The molecule has 2 amide bonds. The molecule has 0 spiro atoms. The van der Waals surface area contributed by atoms with Crippen LogP contribution >= 0.6 is 11.8 Å². The second-order valence-corrected chi connectivity index (χ2v) is 8.51. The highest BCUT2D eigenvalue weighted by molar-refractivity contribution is 7.98. The van der Waals surface area contributed by atoms with Crippen LogP contribution in [0.25, 0.3) is 0 Å². The SMILES string of the molecule is Cn1c(SCc2ccc(F)cc2)nc(=O)c2c1NC(=O)C[C@H]2c1ccc(OCC(N)=O)cc1. The number of nitrogens with zero attached hydrogens (tertiary/aromatic N) is 2. The average molecular weight is 469 g/mol. The lowest BCUT2D eigenvalue weighted by Gasteiger charge is -2.27. The van der Waals surface area contributed by atoms with Gasteiger partial charge in [0.1, 0.15) is 17.4 Å². The number of nitrogens with one attached hydrogen (secondary N) is 1. The molecule has 4 rings (SSSR count). The van der Waals surface area contributed by atoms with E-state index in [1.54, 1.807) is 48.0 Å². The minimum atomic E-state index is -0.584. The molecule has 3 aromatic rings. The summed E-state index contributed by atoms with van der Waals surface area (Å²) in [6, 6.07) is 12.9. The largest absolute Gasteiger partial charge is 0.484 e. The maximum Gasteiger partial charge on any atom is 0.279 e. The van der Waals surface area contributed by atoms with Crippen LogP contribution in [0.3, 0.4) is 0 Å². The van der Waals surface area contributed by atoms with Gasteiger partial charge in [0.15, 0.2) is 11.8 Å². The first-order chi connectivity index (χ1) is 15.8. The fourth-order valence-corrected chi connectivity index (χ4v) is 4.55. The number of halogens is 1. The molecule has 2 aromatic carbocycles. The van der Waals surface area contributed by atoms with Crippen LogP contribution in [0.15, 0.2) is 58.5 Å². The van der Waals surface area contributed by atoms with E-state index in [0.717, 1.165) is 11.1 Å². The number of carbonyl (C=O) groups is 2. The summed E-state index contributed by atoms with van der Waals surface area (Å²) in [5, 5.41) is 3.25. The summed E-state index contributed by atoms with van der Waals surface area (Å²) in [4.78, 5) is 40.6. The van der Waals surface area contributed by atoms with Crippen LogP contribution in [-0.4, -0.2) is 28.0 Å². The number of ether oxygens (including phenoxy) is 1. The van der Waals surface area contributed by atoms with E-state index in [-0.39, 0.29) is 24.8 Å². The summed E-state index contributed by atoms with van der Waals surface area (Å²) in [6.07, 6.45) is 0.105. The van der Waals surface area contributed by atoms with E-state index in [0.29, 0.717) is 28.0 Å². The Morgan fingerprint density at radius 2 is 1.91 bits per heavy atom. The van der Waals surface area contributed by atoms with Gasteiger partial charge in [-0.05, 0) is 35.4 Å². The van der Waals surface area contributed by atoms with Crippen molar-refractivity contribution in [1.29, 1.82) is 0 Å². The van der Waals surface area contributed by atoms with Crippen molar-refractivity contribution >= 4 is 29.4 Å². The summed E-state index contributed by atoms with van der Waals surface area (Å²) < 4.78 is 20.1. The Labute approximate surface area is 193 Å². The molecule has 170 valence electrons. The number of carbonyl (C=O) groups excluding carboxylic acids is 2. The van der Waals surface area contributed by atoms with Crippen molar-refractivity contribution in [2.75, 3.05) is 11.9 Å². The van der Waals surface area contributed by atoms with Crippen molar-refractivity contribution < 1.29 is 18.7 Å². The molecular formula is C23H21FN4O4S. The number of primary amides is 1. The van der Waals surface area contributed by atoms with Gasteiger partial charge in [-0.2, -0.15) is 4.98 Å². The summed E-state index contributed by atoms with van der Waals surface area (Å²) in [5.41, 5.74) is 6.72. The predicted molar refractivity (Wildman–Crippen MR) is 122 cm³/mol. The van der Waals surface area contributed by atoms with Crippen molar-refractivity contribution in [2.24, 2.45) is 12.8 Å². The van der Waals surface area contributed by atoms with E-state index in [1.165, 1.54) is 23.9 Å². The predicted octanol–water partition coefficient (Wildman–Crippen LogP) is 2.55. The number of amides is 2. The molecular weight excluding hydrogens is 447 g/mol. The Kier molecular flexibility index (Phi) is 6.45. The zero-order valence-corrected chi connectivity index (χ0v) is 18.5. The zero-order valence-electron chi connectivity index (χ0n) is 17.7. The third-order valence-electron chi connectivity index (χ3n) is 5.25. The fourth-order valence-electron chi connectivity index (χ4n) is 3.63. The summed E-state index contributed by atoms with van der Waals surface area (Å²) in [5.74, 6) is -0.227. The Morgan fingerprint density at radius 3 is 2.58 bits per heavy atom. The molecule has 0 aliphatic carbocycles. The maximum absolute atomic E-state index is 13.1. The Hall–Kier alpha value is -3.66. The monoisotopic (exact) mass is 468 g/mol. The summed E-state index contributed by atoms with van der Waals surface area (Å²) in [7, 11) is 1.74. The normalized spacial score (nSPS) is 15.0. The molecule has 0 unspecified atom stereocenters. The summed E-state index contributed by atoms with van der Waals surface area (Å²) >= 11 is 1.32. The van der Waals surface area contributed by atoms with Gasteiger partial charge in [0.05, 0.1) is 5.56 Å². The van der Waals surface area contributed by atoms with Gasteiger partial charge in [0, 0.05) is 25.1 Å². The van der Waals surface area contributed by atoms with Crippen LogP contribution in [0, 0.1) is 5.82 Å². The van der Waals surface area contributed by atoms with Crippen molar-refractivity contribution in [3.05, 3.63) is 81.4 Å². The second-order valence-electron chi connectivity index (χ2n) is 7.56. The van der Waals surface area contributed by atoms with Gasteiger partial charge in [-0.3, -0.25) is 14.4 Å². The Morgan fingerprint density at radius 1 is 1.21 bits per heavy atom. The number of fused-ring (bicyclic) bond motifs is 1. The van der Waals surface area contributed by atoms with E-state index >= 15 is 0 Å². The lowest BCUT2D eigenvalue weighted by Crippen LogP contribution is -2.33. The molecule has 0 bridgehead atoms. The lowest BCUT2D eigenvalue weighted by atomic mass is 9.87. The topological polar surface area (TPSA) is 116 Å². The third-order valence-corrected chi connectivity index (χ3v) is 6.35. The van der Waals surface area contributed by atoms with Crippen LogP contribution in [0.1, 0.15) is 29.0 Å². The van der Waals surface area contributed by atoms with E-state index in [2.05, 4.69) is 10.3 Å². The number of hydrogen-bond acceptors (Lipinski definition) is 6. The average Bonchev–Trinajstić information content (AvgIpc) is 2.80. The van der Waals surface area contributed by atoms with Crippen molar-refractivity contribution in [3.8, 4) is 5.75 Å². The standard InChI is InChI=1S/C23H21FN4O4S/c1-28-21-20(22(31)27-23(28)33-12-13-2-6-15(24)7-3-13)17(10-19(30)26-21)14-4-8-16(9-5-14)32-11-18(25)29/h2-9,17H,10-12H2,1H3,(H2,25,29)(H,26,30)/t17-/m0/s1. The number of rotatable bonds is 7. The van der Waals surface area contributed by atoms with E-state index in [9.17, 15) is 18.8 Å². The molecule has 0 saturated heterocycles. The smallest absolute Gasteiger partial charge is 0.279 e. The van der Waals surface area contributed by atoms with Crippen molar-refractivity contribution in [2.45, 2.75) is 23.2 Å². The maximum atomic E-state index is 13.1. The molecule has 0 fully saturated rings. The van der Waals surface area contributed by atoms with Gasteiger partial charge in [-0.1, -0.05) is 36.0 Å². The van der Waals surface area contributed by atoms with Gasteiger partial charge in [0.25, 0.3) is 11.5 Å². The number of benzene rings is 2. The molecule has 10 heteroatoms. The van der Waals surface area contributed by atoms with Crippen LogP contribution < -0.4 is 21.3 Å². The van der Waals surface area contributed by atoms with Gasteiger partial charge < -0.3 is 20.4 Å². The van der Waals surface area contributed by atoms with E-state index in [4.69, 9.17) is 10.5 Å². The highest BCUT2D eigenvalue weighted by Crippen LogP contribution is 2.36. The van der Waals surface area contributed by atoms with Gasteiger partial charge in [-0.25, -0.2) is 4.39 Å². The number of hydrogen-bond donors (Lipinski definition) is 2. The lowest BCUT2D eigenvalue weighted by molar-refractivity contribution is -0.120. The molecule has 8 nitrogen and oxygen atoms in total. The first kappa shape index (κ1) is 22.5. The van der Waals surface area contributed by atoms with Gasteiger partial charge >= 0.3 is 0 Å². The van der Waals surface area contributed by atoms with Gasteiger partial charge in [0.2, 0.25) is 5.91 Å². The first-order valence-corrected chi connectivity index (χ1v) is 11.1. The minimum absolute atomic E-state index is 0.105. The zero-order chi connectivity index (χ0) is 23.5. The molecule has 0 radical (unpaired) electrons. The fraction of sp³-hybridized carbons (Fsp3) is 0.217. The Bertz CT molecular complexity index is 1260. The molecule has 0 saturated carbocycles. The molecule has 1 aliphatic rings. The second kappa shape index (κ2) is 9.45. The Balaban J connectivity index is 1.62. The highest BCUT2D eigenvalue weighted by Gasteiger charge is 2.32. The van der Waals surface area contributed by atoms with Crippen LogP contribution in [-0.2, 0) is 22.4 Å². The van der Waals surface area contributed by atoms with Crippen LogP contribution in [0.2, 0.25) is 0 Å². The minimum Gasteiger partial charge on any atom is -0.484 e. The highest BCUT2D eigenvalue weighted by atomic mass is 32.2.